The molecule has 0 saturated carbocycles. The number of para-hydroxylation sites is 2. The summed E-state index contributed by atoms with van der Waals surface area (Å²) in [6, 6.07) is 64.9. The van der Waals surface area contributed by atoms with E-state index in [0.717, 1.165) is 93.4 Å². The zero-order chi connectivity index (χ0) is 37.5. The molecule has 0 atom stereocenters. The largest absolute Gasteiger partial charge is 0.455 e. The van der Waals surface area contributed by atoms with Gasteiger partial charge in [-0.05, 0) is 123 Å². The molecule has 266 valence electrons. The molecule has 0 spiro atoms. The number of pyridine rings is 1. The van der Waals surface area contributed by atoms with Crippen LogP contribution in [0.25, 0.3) is 98.4 Å². The molecule has 0 radical (unpaired) electrons. The number of furan rings is 2. The molecule has 0 aliphatic carbocycles. The van der Waals surface area contributed by atoms with Gasteiger partial charge in [0.2, 0.25) is 0 Å². The monoisotopic (exact) mass is 728 g/mol. The second-order valence-corrected chi connectivity index (χ2v) is 14.8. The average molecular weight is 729 g/mol. The van der Waals surface area contributed by atoms with Gasteiger partial charge in [0.25, 0.3) is 0 Å². The Kier molecular flexibility index (Phi) is 6.89. The van der Waals surface area contributed by atoms with Crippen LogP contribution in [0.2, 0.25) is 0 Å². The van der Waals surface area contributed by atoms with Crippen LogP contribution in [-0.2, 0) is 0 Å². The topological polar surface area (TPSA) is 42.4 Å². The van der Waals surface area contributed by atoms with E-state index in [9.17, 15) is 0 Å². The van der Waals surface area contributed by atoms with Crippen molar-refractivity contribution < 1.29 is 8.83 Å². The van der Waals surface area contributed by atoms with E-state index in [0.29, 0.717) is 0 Å². The van der Waals surface area contributed by atoms with Crippen molar-refractivity contribution in [3.8, 4) is 22.3 Å². The maximum Gasteiger partial charge on any atom is 0.143 e. The summed E-state index contributed by atoms with van der Waals surface area (Å²) in [6.07, 6.45) is 3.76. The van der Waals surface area contributed by atoms with E-state index in [1.165, 1.54) is 22.1 Å². The average Bonchev–Trinajstić information content (AvgIpc) is 3.86. The van der Waals surface area contributed by atoms with Crippen LogP contribution in [0.3, 0.4) is 0 Å². The molecule has 0 amide bonds. The summed E-state index contributed by atoms with van der Waals surface area (Å²) < 4.78 is 12.8. The van der Waals surface area contributed by atoms with E-state index in [1.807, 2.05) is 42.7 Å². The number of fused-ring (bicyclic) bond motifs is 11. The predicted octanol–water partition coefficient (Wildman–Crippen LogP) is 15.1. The van der Waals surface area contributed by atoms with Gasteiger partial charge in [-0.15, -0.1) is 0 Å². The Labute approximate surface area is 327 Å². The second-order valence-electron chi connectivity index (χ2n) is 14.8. The lowest BCUT2D eigenvalue weighted by Crippen LogP contribution is -2.10. The van der Waals surface area contributed by atoms with Crippen LogP contribution in [0, 0.1) is 0 Å². The highest BCUT2D eigenvalue weighted by Crippen LogP contribution is 2.42. The SMILES string of the molecule is c1ccc2c(c1)oc1c3ccc(N(c4ccc(-c5ccc(-c6ccc7ccncc7c6)cc5)cc4)c4ccc5c(ccc6c7ccccc7oc56)c4)cc3ccc21. The molecular weight excluding hydrogens is 697 g/mol. The number of aromatic nitrogens is 1. The smallest absolute Gasteiger partial charge is 0.143 e. The van der Waals surface area contributed by atoms with E-state index in [4.69, 9.17) is 8.83 Å². The molecule has 12 rings (SSSR count). The van der Waals surface area contributed by atoms with Crippen molar-refractivity contribution in [1.82, 2.24) is 4.98 Å². The van der Waals surface area contributed by atoms with Crippen LogP contribution in [-0.4, -0.2) is 4.98 Å². The molecule has 0 saturated heterocycles. The van der Waals surface area contributed by atoms with Crippen molar-refractivity contribution in [2.45, 2.75) is 0 Å². The summed E-state index contributed by atoms with van der Waals surface area (Å²) in [5.41, 5.74) is 11.5. The predicted molar refractivity (Wildman–Crippen MR) is 237 cm³/mol. The molecule has 0 unspecified atom stereocenters. The zero-order valence-electron chi connectivity index (χ0n) is 30.7. The Hall–Kier alpha value is -7.69. The quantitative estimate of drug-likeness (QED) is 0.177. The molecule has 0 aliphatic heterocycles. The number of rotatable bonds is 5. The number of benzene rings is 9. The van der Waals surface area contributed by atoms with Crippen LogP contribution in [0.15, 0.2) is 203 Å². The summed E-state index contributed by atoms with van der Waals surface area (Å²) in [4.78, 5) is 6.65. The highest BCUT2D eigenvalue weighted by atomic mass is 16.3. The third kappa shape index (κ3) is 5.12. The first-order valence-corrected chi connectivity index (χ1v) is 19.2. The Morgan fingerprint density at radius 1 is 0.333 bits per heavy atom. The fraction of sp³-hybridized carbons (Fsp3) is 0. The van der Waals surface area contributed by atoms with Gasteiger partial charge in [0.1, 0.15) is 22.3 Å². The van der Waals surface area contributed by atoms with Crippen LogP contribution in [0.1, 0.15) is 0 Å². The molecular formula is C53H32N2O2. The first-order valence-electron chi connectivity index (χ1n) is 19.2. The third-order valence-corrected chi connectivity index (χ3v) is 11.5. The van der Waals surface area contributed by atoms with Gasteiger partial charge in [0.15, 0.2) is 0 Å². The van der Waals surface area contributed by atoms with E-state index in [2.05, 4.69) is 162 Å². The van der Waals surface area contributed by atoms with Crippen molar-refractivity contribution in [2.24, 2.45) is 0 Å². The van der Waals surface area contributed by atoms with Gasteiger partial charge >= 0.3 is 0 Å². The molecule has 0 fully saturated rings. The number of hydrogen-bond donors (Lipinski definition) is 0. The summed E-state index contributed by atoms with van der Waals surface area (Å²) in [6.45, 7) is 0. The lowest BCUT2D eigenvalue weighted by atomic mass is 9.98. The number of nitrogens with zero attached hydrogens (tertiary/aromatic N) is 2. The van der Waals surface area contributed by atoms with Gasteiger partial charge < -0.3 is 13.7 Å². The van der Waals surface area contributed by atoms with Crippen molar-refractivity contribution in [1.29, 1.82) is 0 Å². The van der Waals surface area contributed by atoms with Gasteiger partial charge in [0, 0.05) is 67.2 Å². The Morgan fingerprint density at radius 2 is 0.807 bits per heavy atom. The molecule has 3 heterocycles. The molecule has 12 aromatic rings. The summed E-state index contributed by atoms with van der Waals surface area (Å²) in [7, 11) is 0. The normalized spacial score (nSPS) is 11.9. The number of hydrogen-bond acceptors (Lipinski definition) is 4. The van der Waals surface area contributed by atoms with Crippen LogP contribution in [0.5, 0.6) is 0 Å². The first-order chi connectivity index (χ1) is 28.2. The molecule has 0 aliphatic rings. The van der Waals surface area contributed by atoms with Crippen molar-refractivity contribution in [3.63, 3.8) is 0 Å². The summed E-state index contributed by atoms with van der Waals surface area (Å²) >= 11 is 0. The standard InChI is InChI=1S/C53H32N2O2/c1-3-7-50-46(5-1)48-23-17-38-30-42(21-25-44(38)52(48)56-50)55(43-22-26-45-39(31-43)18-24-49-47-6-2-4-8-51(47)57-53(45)49)41-19-15-34(16-20-41)33-9-11-35(12-10-33)37-14-13-36-27-28-54-32-40(36)29-37/h1-32H. The molecule has 3 aromatic heterocycles. The fourth-order valence-electron chi connectivity index (χ4n) is 8.65. The third-order valence-electron chi connectivity index (χ3n) is 11.5. The summed E-state index contributed by atoms with van der Waals surface area (Å²) in [5.74, 6) is 0. The maximum atomic E-state index is 6.42. The van der Waals surface area contributed by atoms with Crippen molar-refractivity contribution >= 4 is 93.3 Å². The zero-order valence-corrected chi connectivity index (χ0v) is 30.7. The van der Waals surface area contributed by atoms with Crippen molar-refractivity contribution in [3.05, 3.63) is 194 Å². The van der Waals surface area contributed by atoms with E-state index < -0.39 is 0 Å². The molecule has 0 N–H and O–H groups in total. The number of anilines is 3. The molecule has 9 aromatic carbocycles. The Balaban J connectivity index is 0.957. The van der Waals surface area contributed by atoms with Crippen LogP contribution < -0.4 is 4.90 Å². The Bertz CT molecular complexity index is 3370. The minimum atomic E-state index is 0.904. The molecule has 4 heteroatoms. The maximum absolute atomic E-state index is 6.42. The van der Waals surface area contributed by atoms with Gasteiger partial charge in [0.05, 0.1) is 0 Å². The highest BCUT2D eigenvalue weighted by molar-refractivity contribution is 6.17. The second kappa shape index (κ2) is 12.4. The van der Waals surface area contributed by atoms with Gasteiger partial charge in [-0.25, -0.2) is 0 Å². The minimum absolute atomic E-state index is 0.904. The minimum Gasteiger partial charge on any atom is -0.455 e. The molecule has 0 bridgehead atoms. The van der Waals surface area contributed by atoms with Crippen molar-refractivity contribution in [2.75, 3.05) is 4.90 Å². The van der Waals surface area contributed by atoms with Gasteiger partial charge in [-0.3, -0.25) is 4.98 Å². The van der Waals surface area contributed by atoms with E-state index >= 15 is 0 Å². The van der Waals surface area contributed by atoms with E-state index in [-0.39, 0.29) is 0 Å². The summed E-state index contributed by atoms with van der Waals surface area (Å²) in [5, 5.41) is 11.3. The Morgan fingerprint density at radius 3 is 1.40 bits per heavy atom. The van der Waals surface area contributed by atoms with Crippen LogP contribution >= 0.6 is 0 Å². The van der Waals surface area contributed by atoms with Gasteiger partial charge in [-0.1, -0.05) is 97.1 Å². The van der Waals surface area contributed by atoms with Crippen LogP contribution in [0.4, 0.5) is 17.1 Å². The lowest BCUT2D eigenvalue weighted by molar-refractivity contribution is 0.672. The molecule has 4 nitrogen and oxygen atoms in total. The molecule has 57 heavy (non-hydrogen) atoms. The highest BCUT2D eigenvalue weighted by Gasteiger charge is 2.18. The fourth-order valence-corrected chi connectivity index (χ4v) is 8.65. The van der Waals surface area contributed by atoms with Gasteiger partial charge in [-0.2, -0.15) is 0 Å². The first kappa shape index (κ1) is 31.6. The lowest BCUT2D eigenvalue weighted by Gasteiger charge is -2.26. The van der Waals surface area contributed by atoms with E-state index in [1.54, 1.807) is 0 Å².